The number of aliphatic imine (C=N–C) groups is 1. The first kappa shape index (κ1) is 27.4. The number of hydrogen-bond donors (Lipinski definition) is 4. The maximum Gasteiger partial charge on any atom is 0.321 e. The number of ketones is 1. The van der Waals surface area contributed by atoms with Crippen molar-refractivity contribution in [2.75, 3.05) is 25.0 Å². The van der Waals surface area contributed by atoms with Crippen LogP contribution in [0.3, 0.4) is 0 Å². The molecule has 1 aliphatic heterocycles. The predicted octanol–water partition coefficient (Wildman–Crippen LogP) is 3.31. The quantitative estimate of drug-likeness (QED) is 0.235. The molecule has 1 saturated heterocycles. The fraction of sp³-hybridized carbons (Fsp3) is 0.308. The van der Waals surface area contributed by atoms with Crippen LogP contribution >= 0.6 is 15.9 Å². The molecule has 1 fully saturated rings. The number of carbonyl (C=O) groups excluding carboxylic acids is 2. The average Bonchev–Trinajstić information content (AvgIpc) is 3.39. The number of rotatable bonds is 8. The summed E-state index contributed by atoms with van der Waals surface area (Å²) in [6, 6.07) is 11.2. The maximum atomic E-state index is 13.4. The topological polar surface area (TPSA) is 146 Å². The minimum atomic E-state index is -0.877. The van der Waals surface area contributed by atoms with Crippen LogP contribution in [0.25, 0.3) is 11.1 Å². The highest BCUT2D eigenvalue weighted by Crippen LogP contribution is 2.25. The number of amidine groups is 1. The Bertz CT molecular complexity index is 1320. The summed E-state index contributed by atoms with van der Waals surface area (Å²) < 4.78 is 15.2. The van der Waals surface area contributed by atoms with Crippen LogP contribution in [0.4, 0.5) is 20.6 Å². The molecule has 3 aromatic rings. The second-order valence-corrected chi connectivity index (χ2v) is 9.87. The molecule has 2 amide bonds. The normalized spacial score (nSPS) is 15.4. The van der Waals surface area contributed by atoms with Gasteiger partial charge in [-0.1, -0.05) is 12.1 Å². The summed E-state index contributed by atoms with van der Waals surface area (Å²) in [5, 5.41) is 25.6. The Labute approximate surface area is 227 Å². The van der Waals surface area contributed by atoms with Crippen molar-refractivity contribution in [1.82, 2.24) is 14.7 Å². The third-order valence-electron chi connectivity index (χ3n) is 6.27. The number of urea groups is 1. The van der Waals surface area contributed by atoms with Crippen LogP contribution in [0, 0.1) is 11.7 Å². The van der Waals surface area contributed by atoms with Crippen LogP contribution in [-0.2, 0) is 11.3 Å². The van der Waals surface area contributed by atoms with Crippen LogP contribution < -0.4 is 11.1 Å². The summed E-state index contributed by atoms with van der Waals surface area (Å²) >= 11 is 3.09. The summed E-state index contributed by atoms with van der Waals surface area (Å²) in [5.41, 5.74) is 8.65. The molecule has 200 valence electrons. The minimum absolute atomic E-state index is 0.137. The van der Waals surface area contributed by atoms with Crippen LogP contribution in [0.15, 0.2) is 64.3 Å². The number of aliphatic hydroxyl groups excluding tert-OH is 2. The van der Waals surface area contributed by atoms with E-state index in [-0.39, 0.29) is 41.2 Å². The van der Waals surface area contributed by atoms with Gasteiger partial charge in [0.15, 0.2) is 5.84 Å². The van der Waals surface area contributed by atoms with Crippen molar-refractivity contribution in [1.29, 1.82) is 0 Å². The van der Waals surface area contributed by atoms with E-state index in [1.165, 1.54) is 18.2 Å². The number of nitrogens with zero attached hydrogens (tertiary/aromatic N) is 4. The first-order chi connectivity index (χ1) is 18.2. The summed E-state index contributed by atoms with van der Waals surface area (Å²) in [5.74, 6) is -1.19. The Kier molecular flexibility index (Phi) is 8.87. The van der Waals surface area contributed by atoms with Crippen molar-refractivity contribution in [3.63, 3.8) is 0 Å². The van der Waals surface area contributed by atoms with Crippen LogP contribution in [0.2, 0.25) is 0 Å². The number of Topliss-reactive ketones (excluding diaryl/α,β-unsaturated/α-hetero) is 1. The highest BCUT2D eigenvalue weighted by atomic mass is 79.9. The molecule has 38 heavy (non-hydrogen) atoms. The summed E-state index contributed by atoms with van der Waals surface area (Å²) in [7, 11) is 0. The number of nitrogens with one attached hydrogen (secondary N) is 1. The number of anilines is 1. The van der Waals surface area contributed by atoms with Crippen molar-refractivity contribution in [3.05, 3.63) is 65.1 Å². The number of aliphatic hydroxyl groups is 2. The Morgan fingerprint density at radius 2 is 1.89 bits per heavy atom. The van der Waals surface area contributed by atoms with E-state index in [1.807, 2.05) is 12.1 Å². The van der Waals surface area contributed by atoms with Crippen molar-refractivity contribution >= 4 is 45.0 Å². The zero-order chi connectivity index (χ0) is 27.2. The van der Waals surface area contributed by atoms with Crippen molar-refractivity contribution in [3.8, 4) is 11.1 Å². The fourth-order valence-corrected chi connectivity index (χ4v) is 4.50. The van der Waals surface area contributed by atoms with Gasteiger partial charge in [-0.05, 0) is 64.7 Å². The summed E-state index contributed by atoms with van der Waals surface area (Å²) in [4.78, 5) is 31.3. The molecule has 0 spiro atoms. The van der Waals surface area contributed by atoms with Crippen molar-refractivity contribution in [2.45, 2.75) is 25.5 Å². The Morgan fingerprint density at radius 3 is 2.55 bits per heavy atom. The van der Waals surface area contributed by atoms with E-state index in [0.29, 0.717) is 37.3 Å². The van der Waals surface area contributed by atoms with Crippen LogP contribution in [0.5, 0.6) is 0 Å². The third kappa shape index (κ3) is 6.82. The second-order valence-electron chi connectivity index (χ2n) is 9.02. The summed E-state index contributed by atoms with van der Waals surface area (Å²) in [6.45, 7) is 0.650. The molecular weight excluding hydrogens is 559 g/mol. The zero-order valence-corrected chi connectivity index (χ0v) is 22.0. The molecule has 4 rings (SSSR count). The average molecular weight is 587 g/mol. The lowest BCUT2D eigenvalue weighted by molar-refractivity contribution is -0.117. The number of carbonyl (C=O) groups is 2. The van der Waals surface area contributed by atoms with E-state index in [4.69, 9.17) is 10.8 Å². The monoisotopic (exact) mass is 586 g/mol. The number of amides is 2. The van der Waals surface area contributed by atoms with Crippen LogP contribution in [0.1, 0.15) is 12.8 Å². The molecule has 1 aliphatic rings. The molecule has 1 atom stereocenters. The highest BCUT2D eigenvalue weighted by molar-refractivity contribution is 9.10. The molecule has 1 aromatic heterocycles. The smallest absolute Gasteiger partial charge is 0.321 e. The number of halogens is 2. The van der Waals surface area contributed by atoms with E-state index < -0.39 is 11.9 Å². The van der Waals surface area contributed by atoms with E-state index in [2.05, 4.69) is 31.3 Å². The maximum absolute atomic E-state index is 13.4. The molecule has 0 bridgehead atoms. The third-order valence-corrected chi connectivity index (χ3v) is 6.88. The second kappa shape index (κ2) is 12.3. The van der Waals surface area contributed by atoms with Gasteiger partial charge in [0, 0.05) is 36.5 Å². The first-order valence-electron chi connectivity index (χ1n) is 12.0. The molecular formula is C26H28BrFN6O4. The number of aromatic nitrogens is 2. The molecule has 0 aliphatic carbocycles. The van der Waals surface area contributed by atoms with Gasteiger partial charge in [0.2, 0.25) is 5.78 Å². The number of hydrogen-bond acceptors (Lipinski definition) is 6. The Hall–Kier alpha value is -3.61. The Morgan fingerprint density at radius 1 is 1.18 bits per heavy atom. The van der Waals surface area contributed by atoms with Gasteiger partial charge in [0.1, 0.15) is 5.82 Å². The lowest BCUT2D eigenvalue weighted by Gasteiger charge is -2.31. The molecule has 2 aromatic carbocycles. The lowest BCUT2D eigenvalue weighted by Crippen LogP contribution is -2.44. The standard InChI is InChI=1S/C26H28BrFN6O4/c27-22-11-20(5-6-23(22)28)31-25(29)24(37)17-7-9-33(10-8-17)26(38)32-19-3-1-16(2-4-19)18-12-30-34(13-18)14-21(36)15-35/h1-6,11-13,17,21,35-36H,7-10,14-15H2,(H2,29,31)(H,32,38)/t21-/m1/s1. The van der Waals surface area contributed by atoms with Crippen molar-refractivity contribution < 1.29 is 24.2 Å². The molecule has 12 heteroatoms. The van der Waals surface area contributed by atoms with E-state index in [9.17, 15) is 19.1 Å². The minimum Gasteiger partial charge on any atom is -0.394 e. The predicted molar refractivity (Wildman–Crippen MR) is 144 cm³/mol. The number of piperidine rings is 1. The zero-order valence-electron chi connectivity index (χ0n) is 20.4. The molecule has 2 heterocycles. The van der Waals surface area contributed by atoms with Gasteiger partial charge in [0.05, 0.1) is 35.6 Å². The highest BCUT2D eigenvalue weighted by Gasteiger charge is 2.29. The molecule has 0 unspecified atom stereocenters. The van der Waals surface area contributed by atoms with Gasteiger partial charge < -0.3 is 26.2 Å². The van der Waals surface area contributed by atoms with Crippen LogP contribution in [-0.4, -0.2) is 68.3 Å². The van der Waals surface area contributed by atoms with Crippen molar-refractivity contribution in [2.24, 2.45) is 16.6 Å². The number of nitrogens with two attached hydrogens (primary N) is 1. The van der Waals surface area contributed by atoms with E-state index in [0.717, 1.165) is 11.1 Å². The fourth-order valence-electron chi connectivity index (χ4n) is 4.14. The van der Waals surface area contributed by atoms with Gasteiger partial charge in [0.25, 0.3) is 0 Å². The largest absolute Gasteiger partial charge is 0.394 e. The molecule has 5 N–H and O–H groups in total. The summed E-state index contributed by atoms with van der Waals surface area (Å²) in [6.07, 6.45) is 3.48. The van der Waals surface area contributed by atoms with Gasteiger partial charge in [-0.15, -0.1) is 0 Å². The van der Waals surface area contributed by atoms with E-state index in [1.54, 1.807) is 34.1 Å². The lowest BCUT2D eigenvalue weighted by atomic mass is 9.92. The SMILES string of the molecule is NC(=Nc1ccc(F)c(Br)c1)C(=O)C1CCN(C(=O)Nc2ccc(-c3cnn(C[C@@H](O)CO)c3)cc2)CC1. The van der Waals surface area contributed by atoms with Gasteiger partial charge in [-0.2, -0.15) is 5.10 Å². The van der Waals surface area contributed by atoms with Gasteiger partial charge in [-0.3, -0.25) is 9.48 Å². The first-order valence-corrected chi connectivity index (χ1v) is 12.8. The van der Waals surface area contributed by atoms with Gasteiger partial charge >= 0.3 is 6.03 Å². The number of likely N-dealkylation sites (tertiary alicyclic amines) is 1. The van der Waals surface area contributed by atoms with E-state index >= 15 is 0 Å². The number of benzene rings is 2. The molecule has 0 saturated carbocycles. The molecule has 0 radical (unpaired) electrons. The molecule has 10 nitrogen and oxygen atoms in total. The Balaban J connectivity index is 1.28. The van der Waals surface area contributed by atoms with Gasteiger partial charge in [-0.25, -0.2) is 14.2 Å².